The normalized spacial score (nSPS) is 14.7. The Morgan fingerprint density at radius 2 is 2.08 bits per heavy atom. The number of carboxylic acids is 1. The molecule has 1 aromatic carbocycles. The lowest BCUT2D eigenvalue weighted by Crippen LogP contribution is -2.32. The predicted molar refractivity (Wildman–Crippen MR) is 97.8 cm³/mol. The first kappa shape index (κ1) is 18.2. The quantitative estimate of drug-likeness (QED) is 0.855. The summed E-state index contributed by atoms with van der Waals surface area (Å²) in [5.41, 5.74) is 2.00. The first-order chi connectivity index (χ1) is 12.5. The molecule has 138 valence electrons. The molecule has 2 aromatic rings. The van der Waals surface area contributed by atoms with Gasteiger partial charge in [-0.05, 0) is 55.2 Å². The van der Waals surface area contributed by atoms with Gasteiger partial charge in [0.1, 0.15) is 5.75 Å². The van der Waals surface area contributed by atoms with Crippen molar-refractivity contribution in [3.05, 3.63) is 51.9 Å². The van der Waals surface area contributed by atoms with Crippen molar-refractivity contribution in [3.63, 3.8) is 0 Å². The number of hydrogen-bond donors (Lipinski definition) is 1. The third-order valence-corrected chi connectivity index (χ3v) is 4.66. The molecule has 26 heavy (non-hydrogen) atoms. The zero-order chi connectivity index (χ0) is 18.7. The summed E-state index contributed by atoms with van der Waals surface area (Å²) in [4.78, 5) is 23.9. The van der Waals surface area contributed by atoms with E-state index in [0.717, 1.165) is 29.7 Å². The minimum Gasteiger partial charge on any atom is -0.480 e. The molecule has 0 fully saturated rings. The fourth-order valence-electron chi connectivity index (χ4n) is 3.41. The predicted octanol–water partition coefficient (Wildman–Crippen LogP) is 3.59. The summed E-state index contributed by atoms with van der Waals surface area (Å²) < 4.78 is 6.93. The number of nitrogens with zero attached hydrogens (tertiary/aromatic N) is 2. The number of rotatable bonds is 6. The van der Waals surface area contributed by atoms with Gasteiger partial charge in [-0.15, -0.1) is 0 Å². The average Bonchev–Trinajstić information content (AvgIpc) is 2.60. The molecule has 1 atom stereocenters. The zero-order valence-corrected chi connectivity index (χ0v) is 15.1. The Hall–Kier alpha value is -2.63. The number of carbonyl (C=O) groups is 1. The van der Waals surface area contributed by atoms with Crippen LogP contribution in [0, 0.1) is 5.92 Å². The van der Waals surface area contributed by atoms with Crippen molar-refractivity contribution in [2.45, 2.75) is 52.0 Å². The van der Waals surface area contributed by atoms with Crippen LogP contribution in [0.5, 0.6) is 11.5 Å². The number of benzene rings is 1. The number of aryl methyl sites for hydroxylation is 1. The number of carboxylic acid groups (broad SMARTS) is 1. The Morgan fingerprint density at radius 1 is 1.31 bits per heavy atom. The summed E-state index contributed by atoms with van der Waals surface area (Å²) in [6.45, 7) is 3.83. The molecule has 0 spiro atoms. The maximum absolute atomic E-state index is 12.4. The van der Waals surface area contributed by atoms with Crippen molar-refractivity contribution in [1.29, 1.82) is 0 Å². The second kappa shape index (κ2) is 7.72. The van der Waals surface area contributed by atoms with Crippen molar-refractivity contribution < 1.29 is 14.6 Å². The molecule has 1 N–H and O–H groups in total. The lowest BCUT2D eigenvalue weighted by atomic mass is 9.91. The molecule has 0 saturated heterocycles. The third-order valence-electron chi connectivity index (χ3n) is 4.66. The van der Waals surface area contributed by atoms with Crippen LogP contribution < -0.4 is 10.3 Å². The summed E-state index contributed by atoms with van der Waals surface area (Å²) in [7, 11) is 0. The molecule has 0 amide bonds. The van der Waals surface area contributed by atoms with Gasteiger partial charge in [0.25, 0.3) is 5.56 Å². The van der Waals surface area contributed by atoms with E-state index in [2.05, 4.69) is 11.2 Å². The molecule has 6 heteroatoms. The van der Waals surface area contributed by atoms with E-state index in [0.29, 0.717) is 12.2 Å². The summed E-state index contributed by atoms with van der Waals surface area (Å²) in [6, 6.07) is 6.30. The van der Waals surface area contributed by atoms with Crippen LogP contribution >= 0.6 is 0 Å². The van der Waals surface area contributed by atoms with Gasteiger partial charge in [0.05, 0.1) is 6.20 Å². The van der Waals surface area contributed by atoms with Crippen molar-refractivity contribution in [3.8, 4) is 11.5 Å². The van der Waals surface area contributed by atoms with Crippen LogP contribution in [0.4, 0.5) is 0 Å². The number of fused-ring (bicyclic) bond motifs is 1. The summed E-state index contributed by atoms with van der Waals surface area (Å²) in [6.07, 6.45) is 6.07. The van der Waals surface area contributed by atoms with Crippen LogP contribution in [0.3, 0.4) is 0 Å². The van der Waals surface area contributed by atoms with E-state index in [9.17, 15) is 14.7 Å². The highest BCUT2D eigenvalue weighted by Crippen LogP contribution is 2.32. The molecule has 0 saturated carbocycles. The number of ether oxygens (including phenoxy) is 1. The fourth-order valence-corrected chi connectivity index (χ4v) is 3.41. The van der Waals surface area contributed by atoms with Crippen LogP contribution in [0.15, 0.2) is 35.3 Å². The summed E-state index contributed by atoms with van der Waals surface area (Å²) in [5, 5.41) is 13.5. The van der Waals surface area contributed by atoms with Gasteiger partial charge in [0.15, 0.2) is 11.8 Å². The maximum atomic E-state index is 12.4. The van der Waals surface area contributed by atoms with Crippen LogP contribution in [0.2, 0.25) is 0 Å². The largest absolute Gasteiger partial charge is 0.480 e. The second-order valence-electron chi connectivity index (χ2n) is 7.16. The van der Waals surface area contributed by atoms with E-state index in [1.54, 1.807) is 0 Å². The Morgan fingerprint density at radius 3 is 2.77 bits per heavy atom. The topological polar surface area (TPSA) is 81.4 Å². The monoisotopic (exact) mass is 356 g/mol. The van der Waals surface area contributed by atoms with Crippen LogP contribution in [0.1, 0.15) is 50.3 Å². The lowest BCUT2D eigenvalue weighted by Gasteiger charge is -2.19. The first-order valence-electron chi connectivity index (χ1n) is 9.06. The molecular weight excluding hydrogens is 332 g/mol. The third kappa shape index (κ3) is 3.95. The molecule has 3 rings (SSSR count). The molecule has 1 aliphatic carbocycles. The van der Waals surface area contributed by atoms with Gasteiger partial charge in [-0.3, -0.25) is 4.79 Å². The van der Waals surface area contributed by atoms with Crippen LogP contribution in [0.25, 0.3) is 0 Å². The molecule has 1 aromatic heterocycles. The Balaban J connectivity index is 1.87. The Labute approximate surface area is 152 Å². The van der Waals surface area contributed by atoms with Crippen molar-refractivity contribution in [2.75, 3.05) is 0 Å². The lowest BCUT2D eigenvalue weighted by molar-refractivity contribution is -0.141. The average molecular weight is 356 g/mol. The highest BCUT2D eigenvalue weighted by atomic mass is 16.5. The van der Waals surface area contributed by atoms with Crippen molar-refractivity contribution in [1.82, 2.24) is 9.78 Å². The van der Waals surface area contributed by atoms with Gasteiger partial charge in [-0.1, -0.05) is 26.0 Å². The minimum absolute atomic E-state index is 0.136. The number of aliphatic carboxylic acids is 1. The number of aromatic nitrogens is 2. The fraction of sp³-hybridized carbons (Fsp3) is 0.450. The van der Waals surface area contributed by atoms with Gasteiger partial charge in [0.2, 0.25) is 0 Å². The first-order valence-corrected chi connectivity index (χ1v) is 9.06. The van der Waals surface area contributed by atoms with E-state index in [1.165, 1.54) is 29.8 Å². The maximum Gasteiger partial charge on any atom is 0.328 e. The van der Waals surface area contributed by atoms with E-state index in [-0.39, 0.29) is 5.92 Å². The molecule has 1 heterocycles. The number of hydrogen-bond acceptors (Lipinski definition) is 4. The Bertz CT molecular complexity index is 857. The van der Waals surface area contributed by atoms with Gasteiger partial charge in [-0.25, -0.2) is 9.48 Å². The van der Waals surface area contributed by atoms with E-state index >= 15 is 0 Å². The van der Waals surface area contributed by atoms with Crippen molar-refractivity contribution in [2.24, 2.45) is 5.92 Å². The Kier molecular flexibility index (Phi) is 5.40. The van der Waals surface area contributed by atoms with E-state index < -0.39 is 17.6 Å². The SMILES string of the molecule is CC(C)CC(C(=O)O)n1ncc(Oc2cccc3c2CCCC3)cc1=O. The van der Waals surface area contributed by atoms with Crippen LogP contribution in [-0.2, 0) is 17.6 Å². The molecular formula is C20H24N2O4. The van der Waals surface area contributed by atoms with Gasteiger partial charge in [-0.2, -0.15) is 5.10 Å². The molecule has 1 aliphatic rings. The van der Waals surface area contributed by atoms with Gasteiger partial charge in [0, 0.05) is 6.07 Å². The molecule has 0 radical (unpaired) electrons. The second-order valence-corrected chi connectivity index (χ2v) is 7.16. The van der Waals surface area contributed by atoms with E-state index in [1.807, 2.05) is 26.0 Å². The minimum atomic E-state index is -1.06. The smallest absolute Gasteiger partial charge is 0.328 e. The molecule has 6 nitrogen and oxygen atoms in total. The standard InChI is InChI=1S/C20H24N2O4/c1-13(2)10-17(20(24)25)22-19(23)11-15(12-21-22)26-18-9-5-7-14-6-3-4-8-16(14)18/h5,7,9,11-13,17H,3-4,6,8,10H2,1-2H3,(H,24,25). The van der Waals surface area contributed by atoms with Gasteiger partial charge >= 0.3 is 5.97 Å². The van der Waals surface area contributed by atoms with Crippen LogP contribution in [-0.4, -0.2) is 20.9 Å². The zero-order valence-electron chi connectivity index (χ0n) is 15.1. The molecule has 1 unspecified atom stereocenters. The molecule has 0 aliphatic heterocycles. The van der Waals surface area contributed by atoms with E-state index in [4.69, 9.17) is 4.74 Å². The highest BCUT2D eigenvalue weighted by molar-refractivity contribution is 5.71. The van der Waals surface area contributed by atoms with Crippen molar-refractivity contribution >= 4 is 5.97 Å². The summed E-state index contributed by atoms with van der Waals surface area (Å²) in [5.74, 6) is 0.160. The van der Waals surface area contributed by atoms with Gasteiger partial charge < -0.3 is 9.84 Å². The molecule has 0 bridgehead atoms. The summed E-state index contributed by atoms with van der Waals surface area (Å²) >= 11 is 0. The highest BCUT2D eigenvalue weighted by Gasteiger charge is 2.23.